The van der Waals surface area contributed by atoms with Crippen LogP contribution in [0, 0.1) is 0 Å². The number of methoxy groups -OCH3 is 1. The van der Waals surface area contributed by atoms with Crippen molar-refractivity contribution in [3.8, 4) is 11.5 Å². The monoisotopic (exact) mass is 344 g/mol. The minimum absolute atomic E-state index is 0.249. The van der Waals surface area contributed by atoms with Gasteiger partial charge in [-0.05, 0) is 24.2 Å². The molecule has 0 radical (unpaired) electrons. The Labute approximate surface area is 141 Å². The first-order chi connectivity index (χ1) is 10.2. The van der Waals surface area contributed by atoms with Crippen LogP contribution >= 0.6 is 11.6 Å². The topological polar surface area (TPSA) is 27.7 Å². The molecule has 0 aliphatic carbocycles. The normalized spacial score (nSPS) is 12.3. The van der Waals surface area contributed by atoms with E-state index in [1.165, 1.54) is 0 Å². The lowest BCUT2D eigenvalue weighted by molar-refractivity contribution is 0.233. The van der Waals surface area contributed by atoms with Gasteiger partial charge in [-0.25, -0.2) is 0 Å². The van der Waals surface area contributed by atoms with Gasteiger partial charge in [0.25, 0.3) is 0 Å². The van der Waals surface area contributed by atoms with Crippen molar-refractivity contribution >= 4 is 19.9 Å². The van der Waals surface area contributed by atoms with Gasteiger partial charge in [-0.2, -0.15) is 0 Å². The maximum atomic E-state index is 6.13. The van der Waals surface area contributed by atoms with E-state index in [0.717, 1.165) is 30.1 Å². The summed E-state index contributed by atoms with van der Waals surface area (Å²) in [5.41, 5.74) is 0.970. The van der Waals surface area contributed by atoms with Gasteiger partial charge in [-0.1, -0.05) is 26.8 Å². The van der Waals surface area contributed by atoms with Crippen LogP contribution in [0.3, 0.4) is 0 Å². The lowest BCUT2D eigenvalue weighted by Gasteiger charge is -2.36. The summed E-state index contributed by atoms with van der Waals surface area (Å²) in [6.45, 7) is 12.7. The van der Waals surface area contributed by atoms with Crippen LogP contribution in [0.1, 0.15) is 32.8 Å². The van der Waals surface area contributed by atoms with E-state index in [-0.39, 0.29) is 5.04 Å². The Bertz CT molecular complexity index is 469. The zero-order valence-corrected chi connectivity index (χ0v) is 16.4. The third-order valence-electron chi connectivity index (χ3n) is 4.23. The van der Waals surface area contributed by atoms with Gasteiger partial charge in [0.05, 0.1) is 19.6 Å². The predicted octanol–water partition coefficient (Wildman–Crippen LogP) is 5.22. The Hall–Kier alpha value is -0.713. The highest BCUT2D eigenvalue weighted by Crippen LogP contribution is 2.36. The number of rotatable bonds is 8. The van der Waals surface area contributed by atoms with Crippen LogP contribution in [0.4, 0.5) is 0 Å². The van der Waals surface area contributed by atoms with Gasteiger partial charge in [0.1, 0.15) is 11.5 Å². The summed E-state index contributed by atoms with van der Waals surface area (Å²) in [4.78, 5) is 0. The van der Waals surface area contributed by atoms with Gasteiger partial charge in [-0.3, -0.25) is 0 Å². The Morgan fingerprint density at radius 3 is 2.36 bits per heavy atom. The molecule has 0 saturated heterocycles. The molecule has 3 nitrogen and oxygen atoms in total. The van der Waals surface area contributed by atoms with E-state index in [9.17, 15) is 0 Å². The molecule has 5 heteroatoms. The average molecular weight is 345 g/mol. The van der Waals surface area contributed by atoms with E-state index in [4.69, 9.17) is 25.5 Å². The molecular weight excluding hydrogens is 316 g/mol. The van der Waals surface area contributed by atoms with Crippen molar-refractivity contribution in [2.24, 2.45) is 0 Å². The fraction of sp³-hybridized carbons (Fsp3) is 0.647. The van der Waals surface area contributed by atoms with Gasteiger partial charge >= 0.3 is 0 Å². The number of hydrogen-bond acceptors (Lipinski definition) is 3. The maximum Gasteiger partial charge on any atom is 0.191 e. The fourth-order valence-electron chi connectivity index (χ4n) is 1.72. The van der Waals surface area contributed by atoms with E-state index in [2.05, 4.69) is 33.9 Å². The standard InChI is InChI=1S/C17H29ClO3Si/c1-17(2,3)22(5,6)21-11-7-10-20-15-9-8-14(13-18)16(12-15)19-4/h8-9,12H,7,10-11,13H2,1-6H3. The molecule has 22 heavy (non-hydrogen) atoms. The molecule has 0 aliphatic heterocycles. The molecule has 0 N–H and O–H groups in total. The van der Waals surface area contributed by atoms with Crippen molar-refractivity contribution in [3.05, 3.63) is 23.8 Å². The van der Waals surface area contributed by atoms with Crippen molar-refractivity contribution in [1.29, 1.82) is 0 Å². The van der Waals surface area contributed by atoms with Crippen molar-refractivity contribution in [2.45, 2.75) is 51.2 Å². The van der Waals surface area contributed by atoms with Crippen molar-refractivity contribution in [3.63, 3.8) is 0 Å². The molecule has 0 fully saturated rings. The summed E-state index contributed by atoms with van der Waals surface area (Å²) in [6.07, 6.45) is 0.881. The SMILES string of the molecule is COc1cc(OCCCO[Si](C)(C)C(C)(C)C)ccc1CCl. The summed E-state index contributed by atoms with van der Waals surface area (Å²) in [7, 11) is -0.0104. The van der Waals surface area contributed by atoms with Crippen molar-refractivity contribution in [1.82, 2.24) is 0 Å². The second-order valence-electron chi connectivity index (χ2n) is 6.92. The van der Waals surface area contributed by atoms with Crippen LogP contribution < -0.4 is 9.47 Å². The van der Waals surface area contributed by atoms with Gasteiger partial charge in [0.15, 0.2) is 8.32 Å². The molecule has 0 saturated carbocycles. The van der Waals surface area contributed by atoms with Gasteiger partial charge in [0, 0.05) is 24.7 Å². The maximum absolute atomic E-state index is 6.13. The molecule has 0 amide bonds. The van der Waals surface area contributed by atoms with Gasteiger partial charge in [-0.15, -0.1) is 11.6 Å². The first kappa shape index (κ1) is 19.3. The second-order valence-corrected chi connectivity index (χ2v) is 12.0. The molecule has 1 aromatic rings. The van der Waals surface area contributed by atoms with E-state index in [0.29, 0.717) is 12.5 Å². The van der Waals surface area contributed by atoms with Gasteiger partial charge in [0.2, 0.25) is 0 Å². The van der Waals surface area contributed by atoms with Crippen molar-refractivity contribution in [2.75, 3.05) is 20.3 Å². The Morgan fingerprint density at radius 1 is 1.14 bits per heavy atom. The summed E-state index contributed by atoms with van der Waals surface area (Å²) in [5, 5.41) is 0.249. The largest absolute Gasteiger partial charge is 0.496 e. The molecule has 0 spiro atoms. The molecule has 0 aromatic heterocycles. The Morgan fingerprint density at radius 2 is 1.82 bits per heavy atom. The molecule has 0 bridgehead atoms. The number of benzene rings is 1. The highest BCUT2D eigenvalue weighted by molar-refractivity contribution is 6.74. The smallest absolute Gasteiger partial charge is 0.191 e. The minimum atomic E-state index is -1.65. The van der Waals surface area contributed by atoms with E-state index < -0.39 is 8.32 Å². The number of ether oxygens (including phenoxy) is 2. The highest BCUT2D eigenvalue weighted by Gasteiger charge is 2.36. The van der Waals surface area contributed by atoms with Crippen LogP contribution in [-0.4, -0.2) is 28.6 Å². The number of alkyl halides is 1. The summed E-state index contributed by atoms with van der Waals surface area (Å²) >= 11 is 5.85. The molecule has 0 aliphatic rings. The van der Waals surface area contributed by atoms with Crippen LogP contribution in [0.2, 0.25) is 18.1 Å². The predicted molar refractivity (Wildman–Crippen MR) is 95.8 cm³/mol. The van der Waals surface area contributed by atoms with Gasteiger partial charge < -0.3 is 13.9 Å². The third-order valence-corrected chi connectivity index (χ3v) is 9.06. The molecule has 0 atom stereocenters. The molecular formula is C17H29ClO3Si. The molecule has 1 aromatic carbocycles. The van der Waals surface area contributed by atoms with E-state index in [1.54, 1.807) is 7.11 Å². The average Bonchev–Trinajstić information content (AvgIpc) is 2.45. The number of hydrogen-bond donors (Lipinski definition) is 0. The molecule has 126 valence electrons. The van der Waals surface area contributed by atoms with E-state index >= 15 is 0 Å². The zero-order valence-electron chi connectivity index (χ0n) is 14.7. The zero-order chi connectivity index (χ0) is 16.8. The lowest BCUT2D eigenvalue weighted by atomic mass is 10.2. The first-order valence-corrected chi connectivity index (χ1v) is 11.1. The lowest BCUT2D eigenvalue weighted by Crippen LogP contribution is -2.41. The second kappa shape index (κ2) is 8.23. The highest BCUT2D eigenvalue weighted by atomic mass is 35.5. The van der Waals surface area contributed by atoms with Crippen LogP contribution in [-0.2, 0) is 10.3 Å². The summed E-state index contributed by atoms with van der Waals surface area (Å²) in [5.74, 6) is 2.01. The summed E-state index contributed by atoms with van der Waals surface area (Å²) < 4.78 is 17.2. The molecule has 1 rings (SSSR count). The molecule has 0 unspecified atom stereocenters. The Kier molecular flexibility index (Phi) is 7.23. The number of halogens is 1. The van der Waals surface area contributed by atoms with Crippen molar-refractivity contribution < 1.29 is 13.9 Å². The first-order valence-electron chi connectivity index (χ1n) is 7.71. The molecule has 0 heterocycles. The third kappa shape index (κ3) is 5.49. The van der Waals surface area contributed by atoms with Crippen LogP contribution in [0.15, 0.2) is 18.2 Å². The Balaban J connectivity index is 2.39. The van der Waals surface area contributed by atoms with Crippen LogP contribution in [0.25, 0.3) is 0 Å². The summed E-state index contributed by atoms with van der Waals surface area (Å²) in [6, 6.07) is 5.74. The fourth-order valence-corrected chi connectivity index (χ4v) is 3.03. The minimum Gasteiger partial charge on any atom is -0.496 e. The van der Waals surface area contributed by atoms with E-state index in [1.807, 2.05) is 18.2 Å². The quantitative estimate of drug-likeness (QED) is 0.367. The van der Waals surface area contributed by atoms with Crippen LogP contribution in [0.5, 0.6) is 11.5 Å².